The minimum Gasteiger partial charge on any atom is -0.348 e. The van der Waals surface area contributed by atoms with E-state index in [0.717, 1.165) is 5.56 Å². The number of amides is 2. The zero-order valence-corrected chi connectivity index (χ0v) is 14.6. The van der Waals surface area contributed by atoms with Gasteiger partial charge in [0.05, 0.1) is 4.90 Å². The Hall–Kier alpha value is -2.78. The lowest BCUT2D eigenvalue weighted by atomic mass is 10.1. The van der Waals surface area contributed by atoms with Crippen LogP contribution in [0.15, 0.2) is 53.4 Å². The highest BCUT2D eigenvalue weighted by molar-refractivity contribution is 7.89. The van der Waals surface area contributed by atoms with E-state index in [2.05, 4.69) is 10.6 Å². The predicted molar refractivity (Wildman–Crippen MR) is 92.8 cm³/mol. The molecule has 0 aromatic heterocycles. The third-order valence-corrected chi connectivity index (χ3v) is 4.45. The van der Waals surface area contributed by atoms with E-state index < -0.39 is 21.8 Å². The maximum absolute atomic E-state index is 12.8. The summed E-state index contributed by atoms with van der Waals surface area (Å²) in [5.74, 6) is -1.96. The maximum atomic E-state index is 12.8. The van der Waals surface area contributed by atoms with Gasteiger partial charge in [-0.05, 0) is 41.8 Å². The van der Waals surface area contributed by atoms with Crippen LogP contribution in [0.4, 0.5) is 4.39 Å². The van der Waals surface area contributed by atoms with Crippen LogP contribution in [-0.4, -0.2) is 26.8 Å². The molecule has 0 atom stereocenters. The molecule has 4 N–H and O–H groups in total. The third-order valence-electron chi connectivity index (χ3n) is 3.52. The van der Waals surface area contributed by atoms with Crippen molar-refractivity contribution in [3.05, 3.63) is 65.5 Å². The van der Waals surface area contributed by atoms with Crippen molar-refractivity contribution in [1.29, 1.82) is 0 Å². The minimum atomic E-state index is -3.74. The number of primary sulfonamides is 1. The predicted octanol–water partition coefficient (Wildman–Crippen LogP) is 0.448. The summed E-state index contributed by atoms with van der Waals surface area (Å²) in [6.45, 7) is 0.319. The van der Waals surface area contributed by atoms with E-state index in [0.29, 0.717) is 12.0 Å². The lowest BCUT2D eigenvalue weighted by Crippen LogP contribution is -2.40. The minimum absolute atomic E-state index is 0.00505. The zero-order valence-electron chi connectivity index (χ0n) is 13.7. The molecule has 0 radical (unpaired) electrons. The van der Waals surface area contributed by atoms with Gasteiger partial charge < -0.3 is 10.6 Å². The SMILES string of the molecule is NS(=O)(=O)c1ccc(CCNC(=O)C(=O)NCc2ccc(F)cc2)cc1. The van der Waals surface area contributed by atoms with Crippen LogP contribution < -0.4 is 15.8 Å². The van der Waals surface area contributed by atoms with Gasteiger partial charge >= 0.3 is 11.8 Å². The second-order valence-corrected chi connectivity index (χ2v) is 7.07. The Kier molecular flexibility index (Phi) is 6.42. The number of nitrogens with two attached hydrogens (primary N) is 1. The Labute approximate surface area is 150 Å². The number of hydrogen-bond acceptors (Lipinski definition) is 4. The van der Waals surface area contributed by atoms with E-state index in [1.165, 1.54) is 36.4 Å². The van der Waals surface area contributed by atoms with Crippen LogP contribution in [0, 0.1) is 5.82 Å². The van der Waals surface area contributed by atoms with Gasteiger partial charge in [-0.3, -0.25) is 9.59 Å². The first-order valence-electron chi connectivity index (χ1n) is 7.68. The van der Waals surface area contributed by atoms with E-state index >= 15 is 0 Å². The number of nitrogens with one attached hydrogen (secondary N) is 2. The molecule has 138 valence electrons. The average molecular weight is 379 g/mol. The second kappa shape index (κ2) is 8.54. The molecule has 0 aliphatic rings. The molecular weight excluding hydrogens is 361 g/mol. The number of hydrogen-bond donors (Lipinski definition) is 3. The van der Waals surface area contributed by atoms with Crippen molar-refractivity contribution in [2.75, 3.05) is 6.54 Å². The largest absolute Gasteiger partial charge is 0.348 e. The molecule has 2 rings (SSSR count). The van der Waals surface area contributed by atoms with Crippen molar-refractivity contribution in [3.8, 4) is 0 Å². The van der Waals surface area contributed by atoms with E-state index in [4.69, 9.17) is 5.14 Å². The highest BCUT2D eigenvalue weighted by Gasteiger charge is 2.12. The summed E-state index contributed by atoms with van der Waals surface area (Å²) in [6, 6.07) is 11.5. The summed E-state index contributed by atoms with van der Waals surface area (Å²) in [5.41, 5.74) is 1.45. The monoisotopic (exact) mass is 379 g/mol. The molecular formula is C17H18FN3O4S. The summed E-state index contributed by atoms with van der Waals surface area (Å²) >= 11 is 0. The van der Waals surface area contributed by atoms with Gasteiger partial charge in [0, 0.05) is 13.1 Å². The van der Waals surface area contributed by atoms with E-state index in [1.54, 1.807) is 12.1 Å². The van der Waals surface area contributed by atoms with Crippen LogP contribution in [-0.2, 0) is 32.6 Å². The lowest BCUT2D eigenvalue weighted by Gasteiger charge is -2.07. The second-order valence-electron chi connectivity index (χ2n) is 5.50. The summed E-state index contributed by atoms with van der Waals surface area (Å²) < 4.78 is 35.1. The number of rotatable bonds is 6. The first kappa shape index (κ1) is 19.5. The van der Waals surface area contributed by atoms with E-state index in [-0.39, 0.29) is 23.8 Å². The topological polar surface area (TPSA) is 118 Å². The molecule has 0 spiro atoms. The van der Waals surface area contributed by atoms with Gasteiger partial charge in [0.15, 0.2) is 0 Å². The van der Waals surface area contributed by atoms with Crippen molar-refractivity contribution in [2.24, 2.45) is 5.14 Å². The number of halogens is 1. The van der Waals surface area contributed by atoms with Gasteiger partial charge in [-0.1, -0.05) is 24.3 Å². The van der Waals surface area contributed by atoms with Gasteiger partial charge in [-0.25, -0.2) is 17.9 Å². The Bertz CT molecular complexity index is 881. The standard InChI is InChI=1S/C17H18FN3O4S/c18-14-5-1-13(2-6-14)11-21-17(23)16(22)20-10-9-12-3-7-15(8-4-12)26(19,24)25/h1-8H,9-11H2,(H,20,22)(H,21,23)(H2,19,24,25). The Morgan fingerprint density at radius 3 is 2.00 bits per heavy atom. The summed E-state index contributed by atoms with van der Waals surface area (Å²) in [7, 11) is -3.74. The average Bonchev–Trinajstić information content (AvgIpc) is 2.60. The Balaban J connectivity index is 1.75. The van der Waals surface area contributed by atoms with Crippen molar-refractivity contribution < 1.29 is 22.4 Å². The summed E-state index contributed by atoms with van der Waals surface area (Å²) in [4.78, 5) is 23.4. The fraction of sp³-hybridized carbons (Fsp3) is 0.176. The van der Waals surface area contributed by atoms with Gasteiger partial charge in [0.1, 0.15) is 5.82 Å². The lowest BCUT2D eigenvalue weighted by molar-refractivity contribution is -0.139. The van der Waals surface area contributed by atoms with Crippen LogP contribution in [0.1, 0.15) is 11.1 Å². The van der Waals surface area contributed by atoms with E-state index in [1.807, 2.05) is 0 Å². The molecule has 0 saturated heterocycles. The molecule has 2 amide bonds. The number of benzene rings is 2. The van der Waals surface area contributed by atoms with Gasteiger partial charge in [-0.15, -0.1) is 0 Å². The molecule has 0 fully saturated rings. The summed E-state index contributed by atoms with van der Waals surface area (Å²) in [5, 5.41) is 9.91. The smallest absolute Gasteiger partial charge is 0.309 e. The maximum Gasteiger partial charge on any atom is 0.309 e. The fourth-order valence-electron chi connectivity index (χ4n) is 2.11. The van der Waals surface area contributed by atoms with Crippen molar-refractivity contribution >= 4 is 21.8 Å². The Morgan fingerprint density at radius 1 is 0.885 bits per heavy atom. The van der Waals surface area contributed by atoms with Crippen LogP contribution in [0.2, 0.25) is 0 Å². The summed E-state index contributed by atoms with van der Waals surface area (Å²) in [6.07, 6.45) is 0.419. The quantitative estimate of drug-likeness (QED) is 0.632. The molecule has 9 heteroatoms. The van der Waals surface area contributed by atoms with Gasteiger partial charge in [0.2, 0.25) is 10.0 Å². The van der Waals surface area contributed by atoms with Crippen LogP contribution in [0.5, 0.6) is 0 Å². The van der Waals surface area contributed by atoms with Crippen LogP contribution in [0.25, 0.3) is 0 Å². The van der Waals surface area contributed by atoms with Crippen LogP contribution >= 0.6 is 0 Å². The third kappa shape index (κ3) is 5.94. The molecule has 0 aliphatic carbocycles. The first-order chi connectivity index (χ1) is 12.3. The van der Waals surface area contributed by atoms with Crippen LogP contribution in [0.3, 0.4) is 0 Å². The number of sulfonamides is 1. The molecule has 2 aromatic rings. The van der Waals surface area contributed by atoms with Gasteiger partial charge in [-0.2, -0.15) is 0 Å². The normalized spacial score (nSPS) is 11.0. The highest BCUT2D eigenvalue weighted by atomic mass is 32.2. The molecule has 0 bridgehead atoms. The molecule has 0 saturated carbocycles. The highest BCUT2D eigenvalue weighted by Crippen LogP contribution is 2.08. The molecule has 26 heavy (non-hydrogen) atoms. The molecule has 0 unspecified atom stereocenters. The van der Waals surface area contributed by atoms with Crippen molar-refractivity contribution in [3.63, 3.8) is 0 Å². The molecule has 2 aromatic carbocycles. The number of carbonyl (C=O) groups excluding carboxylic acids is 2. The van der Waals surface area contributed by atoms with Gasteiger partial charge in [0.25, 0.3) is 0 Å². The molecule has 0 heterocycles. The zero-order chi connectivity index (χ0) is 19.2. The Morgan fingerprint density at radius 2 is 1.42 bits per heavy atom. The molecule has 7 nitrogen and oxygen atoms in total. The first-order valence-corrected chi connectivity index (χ1v) is 9.22. The fourth-order valence-corrected chi connectivity index (χ4v) is 2.63. The number of carbonyl (C=O) groups is 2. The van der Waals surface area contributed by atoms with Crippen molar-refractivity contribution in [1.82, 2.24) is 10.6 Å². The molecule has 0 aliphatic heterocycles. The van der Waals surface area contributed by atoms with E-state index in [9.17, 15) is 22.4 Å². The van der Waals surface area contributed by atoms with Crippen molar-refractivity contribution in [2.45, 2.75) is 17.9 Å².